The van der Waals surface area contributed by atoms with Gasteiger partial charge in [0.25, 0.3) is 0 Å². The molecule has 8 heteroatoms. The summed E-state index contributed by atoms with van der Waals surface area (Å²) in [5, 5.41) is 12.2. The Kier molecular flexibility index (Phi) is 5.49. The van der Waals surface area contributed by atoms with Crippen molar-refractivity contribution in [1.29, 1.82) is 5.26 Å². The number of benzene rings is 2. The molecule has 3 rings (SSSR count). The number of anilines is 1. The van der Waals surface area contributed by atoms with E-state index in [0.717, 1.165) is 10.6 Å². The molecule has 5 nitrogen and oxygen atoms in total. The van der Waals surface area contributed by atoms with Gasteiger partial charge in [-0.25, -0.2) is 4.99 Å². The zero-order valence-corrected chi connectivity index (χ0v) is 14.2. The molecular formula is C18H13F2N3O2S. The SMILES string of the molecule is N#Cc1ccc(NC(=O)CSC2=Nc3cc(OC(F)F)ccc3C2)cc1. The molecule has 0 aromatic heterocycles. The fraction of sp³-hybridized carbons (Fsp3) is 0.167. The molecule has 2 aromatic carbocycles. The molecule has 132 valence electrons. The number of nitrogens with zero attached hydrogens (tertiary/aromatic N) is 2. The monoisotopic (exact) mass is 373 g/mol. The number of nitriles is 1. The average molecular weight is 373 g/mol. The smallest absolute Gasteiger partial charge is 0.387 e. The van der Waals surface area contributed by atoms with Crippen LogP contribution in [0.15, 0.2) is 47.5 Å². The van der Waals surface area contributed by atoms with Gasteiger partial charge in [-0.05, 0) is 35.9 Å². The highest BCUT2D eigenvalue weighted by Crippen LogP contribution is 2.33. The number of rotatable bonds is 5. The third kappa shape index (κ3) is 4.58. The van der Waals surface area contributed by atoms with Crippen molar-refractivity contribution >= 4 is 34.1 Å². The van der Waals surface area contributed by atoms with Gasteiger partial charge in [-0.2, -0.15) is 14.0 Å². The van der Waals surface area contributed by atoms with E-state index in [1.165, 1.54) is 23.9 Å². The molecule has 0 saturated carbocycles. The van der Waals surface area contributed by atoms with Gasteiger partial charge in [-0.3, -0.25) is 4.79 Å². The first-order valence-electron chi connectivity index (χ1n) is 7.61. The van der Waals surface area contributed by atoms with Gasteiger partial charge in [0.15, 0.2) is 0 Å². The Morgan fingerprint density at radius 1 is 1.31 bits per heavy atom. The van der Waals surface area contributed by atoms with Gasteiger partial charge in [-0.15, -0.1) is 11.8 Å². The van der Waals surface area contributed by atoms with Gasteiger partial charge in [0.2, 0.25) is 5.91 Å². The normalized spacial score (nSPS) is 12.3. The summed E-state index contributed by atoms with van der Waals surface area (Å²) >= 11 is 1.29. The van der Waals surface area contributed by atoms with E-state index in [4.69, 9.17) is 5.26 Å². The molecule has 1 heterocycles. The number of halogens is 2. The number of carbonyl (C=O) groups is 1. The van der Waals surface area contributed by atoms with E-state index < -0.39 is 6.61 Å². The van der Waals surface area contributed by atoms with Crippen LogP contribution in [0, 0.1) is 11.3 Å². The van der Waals surface area contributed by atoms with Crippen molar-refractivity contribution in [1.82, 2.24) is 0 Å². The highest BCUT2D eigenvalue weighted by Gasteiger charge is 2.17. The molecule has 1 aliphatic heterocycles. The summed E-state index contributed by atoms with van der Waals surface area (Å²) in [6, 6.07) is 13.2. The highest BCUT2D eigenvalue weighted by atomic mass is 32.2. The maximum Gasteiger partial charge on any atom is 0.387 e. The minimum Gasteiger partial charge on any atom is -0.435 e. The van der Waals surface area contributed by atoms with Crippen molar-refractivity contribution < 1.29 is 18.3 Å². The van der Waals surface area contributed by atoms with Gasteiger partial charge >= 0.3 is 6.61 Å². The molecule has 26 heavy (non-hydrogen) atoms. The molecule has 2 aromatic rings. The summed E-state index contributed by atoms with van der Waals surface area (Å²) in [6.45, 7) is -2.88. The summed E-state index contributed by atoms with van der Waals surface area (Å²) in [5.74, 6) is 0.0418. The fourth-order valence-corrected chi connectivity index (χ4v) is 3.16. The Morgan fingerprint density at radius 2 is 2.08 bits per heavy atom. The van der Waals surface area contributed by atoms with Crippen molar-refractivity contribution in [2.24, 2.45) is 4.99 Å². The number of hydrogen-bond donors (Lipinski definition) is 1. The molecule has 0 radical (unpaired) electrons. The van der Waals surface area contributed by atoms with E-state index in [0.29, 0.717) is 23.4 Å². The van der Waals surface area contributed by atoms with Crippen LogP contribution in [0.2, 0.25) is 0 Å². The van der Waals surface area contributed by atoms with Crippen LogP contribution < -0.4 is 10.1 Å². The Balaban J connectivity index is 1.54. The molecule has 1 amide bonds. The number of hydrogen-bond acceptors (Lipinski definition) is 5. The van der Waals surface area contributed by atoms with Gasteiger partial charge in [0.1, 0.15) is 5.75 Å². The third-order valence-electron chi connectivity index (χ3n) is 3.54. The first-order chi connectivity index (χ1) is 12.5. The second-order valence-corrected chi connectivity index (χ2v) is 6.43. The Morgan fingerprint density at radius 3 is 2.77 bits per heavy atom. The summed E-state index contributed by atoms with van der Waals surface area (Å²) < 4.78 is 28.9. The van der Waals surface area contributed by atoms with Crippen LogP contribution >= 0.6 is 11.8 Å². The maximum absolute atomic E-state index is 12.3. The number of ether oxygens (including phenoxy) is 1. The summed E-state index contributed by atoms with van der Waals surface area (Å²) in [4.78, 5) is 16.4. The number of aliphatic imine (C=N–C) groups is 1. The zero-order chi connectivity index (χ0) is 18.5. The number of alkyl halides is 2. The molecule has 0 fully saturated rings. The largest absolute Gasteiger partial charge is 0.435 e. The van der Waals surface area contributed by atoms with E-state index in [1.807, 2.05) is 6.07 Å². The number of nitrogens with one attached hydrogen (secondary N) is 1. The topological polar surface area (TPSA) is 74.5 Å². The highest BCUT2D eigenvalue weighted by molar-refractivity contribution is 8.14. The van der Waals surface area contributed by atoms with Crippen molar-refractivity contribution in [3.63, 3.8) is 0 Å². The Hall–Kier alpha value is -2.92. The third-order valence-corrected chi connectivity index (χ3v) is 4.51. The summed E-state index contributed by atoms with van der Waals surface area (Å²) in [7, 11) is 0. The number of carbonyl (C=O) groups excluding carboxylic acids is 1. The summed E-state index contributed by atoms with van der Waals surface area (Å²) in [6.07, 6.45) is 0.555. The lowest BCUT2D eigenvalue weighted by Gasteiger charge is -2.05. The van der Waals surface area contributed by atoms with Crippen molar-refractivity contribution in [2.75, 3.05) is 11.1 Å². The lowest BCUT2D eigenvalue weighted by atomic mass is 10.1. The number of amides is 1. The van der Waals surface area contributed by atoms with Crippen molar-refractivity contribution in [3.05, 3.63) is 53.6 Å². The average Bonchev–Trinajstić information content (AvgIpc) is 3.02. The van der Waals surface area contributed by atoms with Crippen molar-refractivity contribution in [3.8, 4) is 11.8 Å². The van der Waals surface area contributed by atoms with Crippen LogP contribution in [0.3, 0.4) is 0 Å². The first-order valence-corrected chi connectivity index (χ1v) is 8.60. The van der Waals surface area contributed by atoms with Crippen LogP contribution in [0.4, 0.5) is 20.2 Å². The number of thioether (sulfide) groups is 1. The van der Waals surface area contributed by atoms with Crippen LogP contribution in [0.1, 0.15) is 11.1 Å². The maximum atomic E-state index is 12.3. The van der Waals surface area contributed by atoms with E-state index in [1.54, 1.807) is 30.3 Å². The fourth-order valence-electron chi connectivity index (χ4n) is 2.37. The minimum absolute atomic E-state index is 0.0623. The van der Waals surface area contributed by atoms with Gasteiger partial charge < -0.3 is 10.1 Å². The second-order valence-electron chi connectivity index (χ2n) is 5.38. The molecule has 0 spiro atoms. The number of fused-ring (bicyclic) bond motifs is 1. The predicted octanol–water partition coefficient (Wildman–Crippen LogP) is 4.12. The molecular weight excluding hydrogens is 360 g/mol. The van der Waals surface area contributed by atoms with Crippen molar-refractivity contribution in [2.45, 2.75) is 13.0 Å². The van der Waals surface area contributed by atoms with Crippen LogP contribution in [-0.2, 0) is 11.2 Å². The lowest BCUT2D eigenvalue weighted by molar-refractivity contribution is -0.113. The molecule has 1 N–H and O–H groups in total. The molecule has 0 bridgehead atoms. The van der Waals surface area contributed by atoms with E-state index in [9.17, 15) is 13.6 Å². The molecule has 0 aliphatic carbocycles. The quantitative estimate of drug-likeness (QED) is 0.856. The first kappa shape index (κ1) is 17.9. The van der Waals surface area contributed by atoms with Crippen LogP contribution in [0.5, 0.6) is 5.75 Å². The predicted molar refractivity (Wildman–Crippen MR) is 96.1 cm³/mol. The van der Waals surface area contributed by atoms with Gasteiger partial charge in [0.05, 0.1) is 28.1 Å². The Bertz CT molecular complexity index is 892. The lowest BCUT2D eigenvalue weighted by Crippen LogP contribution is -2.15. The molecule has 0 atom stereocenters. The molecule has 0 saturated heterocycles. The van der Waals surface area contributed by atoms with E-state index in [2.05, 4.69) is 15.0 Å². The molecule has 1 aliphatic rings. The standard InChI is InChI=1S/C18H13F2N3O2S/c19-18(20)25-14-6-3-12-7-17(23-15(12)8-14)26-10-16(24)22-13-4-1-11(9-21)2-5-13/h1-6,8,18H,7,10H2,(H,22,24). The van der Waals surface area contributed by atoms with Gasteiger partial charge in [-0.1, -0.05) is 6.07 Å². The van der Waals surface area contributed by atoms with Crippen LogP contribution in [0.25, 0.3) is 0 Å². The molecule has 0 unspecified atom stereocenters. The minimum atomic E-state index is -2.88. The van der Waals surface area contributed by atoms with E-state index >= 15 is 0 Å². The second kappa shape index (κ2) is 7.97. The Labute approximate surface area is 152 Å². The van der Waals surface area contributed by atoms with Gasteiger partial charge in [0, 0.05) is 18.2 Å². The zero-order valence-electron chi connectivity index (χ0n) is 13.4. The van der Waals surface area contributed by atoms with E-state index in [-0.39, 0.29) is 17.4 Å². The summed E-state index contributed by atoms with van der Waals surface area (Å²) in [5.41, 5.74) is 2.62. The van der Waals surface area contributed by atoms with Crippen LogP contribution in [-0.4, -0.2) is 23.3 Å².